The number of carbonyl (C=O) groups excluding carboxylic acids is 1. The van der Waals surface area contributed by atoms with Gasteiger partial charge in [0.05, 0.1) is 17.9 Å². The lowest BCUT2D eigenvalue weighted by Crippen LogP contribution is -2.25. The monoisotopic (exact) mass is 422 g/mol. The van der Waals surface area contributed by atoms with Gasteiger partial charge in [0.1, 0.15) is 0 Å². The summed E-state index contributed by atoms with van der Waals surface area (Å²) in [7, 11) is 0. The third-order valence-electron chi connectivity index (χ3n) is 5.28. The van der Waals surface area contributed by atoms with Crippen LogP contribution >= 0.6 is 15.9 Å². The van der Waals surface area contributed by atoms with Crippen molar-refractivity contribution in [2.45, 2.75) is 37.8 Å². The van der Waals surface area contributed by atoms with E-state index < -0.39 is 0 Å². The Kier molecular flexibility index (Phi) is 4.08. The van der Waals surface area contributed by atoms with E-state index in [4.69, 9.17) is 0 Å². The minimum absolute atomic E-state index is 0.0135. The largest absolute Gasteiger partial charge is 0.349 e. The lowest BCUT2D eigenvalue weighted by atomic mass is 10.1. The Morgan fingerprint density at radius 2 is 1.93 bits per heavy atom. The fourth-order valence-corrected chi connectivity index (χ4v) is 4.03. The van der Waals surface area contributed by atoms with E-state index in [0.29, 0.717) is 11.6 Å². The van der Waals surface area contributed by atoms with Gasteiger partial charge in [0.2, 0.25) is 0 Å². The molecule has 6 heteroatoms. The minimum Gasteiger partial charge on any atom is -0.349 e. The van der Waals surface area contributed by atoms with Gasteiger partial charge in [0, 0.05) is 34.0 Å². The first-order valence-electron chi connectivity index (χ1n) is 9.27. The van der Waals surface area contributed by atoms with Crippen LogP contribution < -0.4 is 5.32 Å². The molecule has 2 aliphatic carbocycles. The van der Waals surface area contributed by atoms with Crippen molar-refractivity contribution in [1.82, 2.24) is 20.1 Å². The summed E-state index contributed by atoms with van der Waals surface area (Å²) in [6, 6.07) is 10.5. The predicted molar refractivity (Wildman–Crippen MR) is 107 cm³/mol. The highest BCUT2D eigenvalue weighted by Crippen LogP contribution is 2.34. The van der Waals surface area contributed by atoms with Gasteiger partial charge >= 0.3 is 0 Å². The van der Waals surface area contributed by atoms with Crippen molar-refractivity contribution in [3.05, 3.63) is 70.2 Å². The minimum atomic E-state index is 0.0135. The van der Waals surface area contributed by atoms with Gasteiger partial charge in [-0.3, -0.25) is 14.5 Å². The zero-order valence-corrected chi connectivity index (χ0v) is 16.3. The normalized spacial score (nSPS) is 18.3. The number of nitrogens with one attached hydrogen (secondary N) is 1. The second-order valence-electron chi connectivity index (χ2n) is 7.29. The molecule has 1 aromatic carbocycles. The van der Waals surface area contributed by atoms with Crippen LogP contribution in [0.2, 0.25) is 0 Å². The summed E-state index contributed by atoms with van der Waals surface area (Å²) in [5.74, 6) is 0.0135. The van der Waals surface area contributed by atoms with Crippen molar-refractivity contribution in [2.24, 2.45) is 0 Å². The van der Waals surface area contributed by atoms with Crippen LogP contribution in [0, 0.1) is 0 Å². The molecule has 27 heavy (non-hydrogen) atoms. The molecule has 0 radical (unpaired) electrons. The smallest absolute Gasteiger partial charge is 0.251 e. The topological polar surface area (TPSA) is 59.8 Å². The molecule has 2 heterocycles. The highest BCUT2D eigenvalue weighted by atomic mass is 79.9. The van der Waals surface area contributed by atoms with Gasteiger partial charge in [-0.05, 0) is 70.9 Å². The lowest BCUT2D eigenvalue weighted by Gasteiger charge is -2.11. The fraction of sp³-hybridized carbons (Fsp3) is 0.286. The zero-order valence-electron chi connectivity index (χ0n) is 14.7. The second-order valence-corrected chi connectivity index (χ2v) is 8.20. The predicted octanol–water partition coefficient (Wildman–Crippen LogP) is 4.14. The Hall–Kier alpha value is -2.47. The molecule has 1 N–H and O–H groups in total. The molecule has 1 amide bonds. The standard InChI is InChI=1S/C21H19BrN4O/c22-17-9-15-5-8-19(20(15)23-11-17)26-12-16(10-24-26)13-1-3-14(4-2-13)21(27)25-18-6-7-18/h1-4,9-12,18-19H,5-8H2,(H,25,27). The van der Waals surface area contributed by atoms with Crippen molar-refractivity contribution in [2.75, 3.05) is 0 Å². The number of nitrogens with zero attached hydrogens (tertiary/aromatic N) is 3. The maximum atomic E-state index is 12.1. The molecule has 5 rings (SSSR count). The van der Waals surface area contributed by atoms with Crippen molar-refractivity contribution in [3.63, 3.8) is 0 Å². The van der Waals surface area contributed by atoms with E-state index in [-0.39, 0.29) is 11.9 Å². The van der Waals surface area contributed by atoms with E-state index in [0.717, 1.165) is 47.0 Å². The number of aromatic nitrogens is 3. The highest BCUT2D eigenvalue weighted by molar-refractivity contribution is 9.10. The molecule has 5 nitrogen and oxygen atoms in total. The van der Waals surface area contributed by atoms with Crippen molar-refractivity contribution in [3.8, 4) is 11.1 Å². The number of fused-ring (bicyclic) bond motifs is 1. The van der Waals surface area contributed by atoms with Crippen LogP contribution in [0.5, 0.6) is 0 Å². The lowest BCUT2D eigenvalue weighted by molar-refractivity contribution is 0.0951. The summed E-state index contributed by atoms with van der Waals surface area (Å²) < 4.78 is 3.03. The molecule has 1 atom stereocenters. The molecule has 2 aliphatic rings. The Morgan fingerprint density at radius 3 is 2.70 bits per heavy atom. The van der Waals surface area contributed by atoms with E-state index >= 15 is 0 Å². The van der Waals surface area contributed by atoms with Crippen LogP contribution in [0.25, 0.3) is 11.1 Å². The van der Waals surface area contributed by atoms with E-state index in [1.807, 2.05) is 41.3 Å². The van der Waals surface area contributed by atoms with Crippen molar-refractivity contribution < 1.29 is 4.79 Å². The quantitative estimate of drug-likeness (QED) is 0.687. The number of hydrogen-bond acceptors (Lipinski definition) is 3. The molecule has 0 saturated heterocycles. The average Bonchev–Trinajstić information content (AvgIpc) is 3.19. The summed E-state index contributed by atoms with van der Waals surface area (Å²) >= 11 is 3.49. The maximum Gasteiger partial charge on any atom is 0.251 e. The van der Waals surface area contributed by atoms with Gasteiger partial charge in [-0.25, -0.2) is 0 Å². The van der Waals surface area contributed by atoms with Crippen LogP contribution in [0.4, 0.5) is 0 Å². The highest BCUT2D eigenvalue weighted by Gasteiger charge is 2.26. The van der Waals surface area contributed by atoms with Gasteiger partial charge in [-0.15, -0.1) is 0 Å². The third-order valence-corrected chi connectivity index (χ3v) is 5.72. The number of rotatable bonds is 4. The van der Waals surface area contributed by atoms with Gasteiger partial charge < -0.3 is 5.32 Å². The van der Waals surface area contributed by atoms with Crippen LogP contribution in [0.15, 0.2) is 53.4 Å². The van der Waals surface area contributed by atoms with Gasteiger partial charge in [-0.2, -0.15) is 5.10 Å². The fourth-order valence-electron chi connectivity index (χ4n) is 3.65. The molecular weight excluding hydrogens is 404 g/mol. The Balaban J connectivity index is 1.36. The number of benzene rings is 1. The third kappa shape index (κ3) is 3.30. The molecule has 2 aromatic heterocycles. The molecule has 3 aromatic rings. The van der Waals surface area contributed by atoms with Crippen LogP contribution in [0.1, 0.15) is 46.9 Å². The number of hydrogen-bond donors (Lipinski definition) is 1. The molecule has 1 saturated carbocycles. The second kappa shape index (κ2) is 6.60. The molecule has 0 spiro atoms. The number of aryl methyl sites for hydroxylation is 1. The zero-order chi connectivity index (χ0) is 18.4. The van der Waals surface area contributed by atoms with Crippen molar-refractivity contribution in [1.29, 1.82) is 0 Å². The van der Waals surface area contributed by atoms with Gasteiger partial charge in [-0.1, -0.05) is 12.1 Å². The van der Waals surface area contributed by atoms with Gasteiger partial charge in [0.15, 0.2) is 0 Å². The van der Waals surface area contributed by atoms with Crippen LogP contribution in [-0.2, 0) is 6.42 Å². The molecular formula is C21H19BrN4O. The van der Waals surface area contributed by atoms with Gasteiger partial charge in [0.25, 0.3) is 5.91 Å². The molecule has 1 fully saturated rings. The summed E-state index contributed by atoms with van der Waals surface area (Å²) in [6.07, 6.45) is 10.0. The summed E-state index contributed by atoms with van der Waals surface area (Å²) in [6.45, 7) is 0. The molecule has 1 unspecified atom stereocenters. The molecule has 0 aliphatic heterocycles. The number of halogens is 1. The van der Waals surface area contributed by atoms with Crippen molar-refractivity contribution >= 4 is 21.8 Å². The van der Waals surface area contributed by atoms with E-state index in [1.165, 1.54) is 5.56 Å². The Bertz CT molecular complexity index is 1010. The van der Waals surface area contributed by atoms with Crippen LogP contribution in [0.3, 0.4) is 0 Å². The molecule has 0 bridgehead atoms. The summed E-state index contributed by atoms with van der Waals surface area (Å²) in [5, 5.41) is 7.60. The number of carbonyl (C=O) groups is 1. The first kappa shape index (κ1) is 16.7. The van der Waals surface area contributed by atoms with E-state index in [1.54, 1.807) is 0 Å². The number of amides is 1. The Labute approximate surface area is 165 Å². The van der Waals surface area contributed by atoms with Crippen LogP contribution in [-0.4, -0.2) is 26.7 Å². The summed E-state index contributed by atoms with van der Waals surface area (Å²) in [4.78, 5) is 16.7. The molecule has 136 valence electrons. The van der Waals surface area contributed by atoms with E-state index in [2.05, 4.69) is 43.6 Å². The van der Waals surface area contributed by atoms with E-state index in [9.17, 15) is 4.79 Å². The Morgan fingerprint density at radius 1 is 1.11 bits per heavy atom. The maximum absolute atomic E-state index is 12.1. The average molecular weight is 423 g/mol. The SMILES string of the molecule is O=C(NC1CC1)c1ccc(-c2cnn(C3CCc4cc(Br)cnc43)c2)cc1. The number of pyridine rings is 1. The first-order chi connectivity index (χ1) is 13.2. The first-order valence-corrected chi connectivity index (χ1v) is 10.1. The summed E-state index contributed by atoms with van der Waals surface area (Å²) in [5.41, 5.74) is 5.22.